The Bertz CT molecular complexity index is 355. The second kappa shape index (κ2) is 6.09. The van der Waals surface area contributed by atoms with Crippen LogP contribution in [0.1, 0.15) is 5.56 Å². The van der Waals surface area contributed by atoms with Gasteiger partial charge in [-0.25, -0.2) is 0 Å². The molecule has 1 unspecified atom stereocenters. The summed E-state index contributed by atoms with van der Waals surface area (Å²) in [6.45, 7) is 0.810. The van der Waals surface area contributed by atoms with Crippen molar-refractivity contribution in [2.75, 3.05) is 13.7 Å². The average Bonchev–Trinajstić information content (AvgIpc) is 2.29. The van der Waals surface area contributed by atoms with Crippen LogP contribution in [0.25, 0.3) is 0 Å². The van der Waals surface area contributed by atoms with Gasteiger partial charge in [-0.2, -0.15) is 0 Å². The van der Waals surface area contributed by atoms with E-state index in [0.717, 1.165) is 11.3 Å². The van der Waals surface area contributed by atoms with E-state index in [1.54, 1.807) is 7.11 Å². The first-order valence-corrected chi connectivity index (χ1v) is 4.95. The van der Waals surface area contributed by atoms with Gasteiger partial charge in [0.15, 0.2) is 0 Å². The number of hydrogen-bond acceptors (Lipinski definition) is 4. The lowest BCUT2D eigenvalue weighted by atomic mass is 10.2. The summed E-state index contributed by atoms with van der Waals surface area (Å²) in [6, 6.07) is 6.69. The van der Waals surface area contributed by atoms with Gasteiger partial charge < -0.3 is 20.9 Å². The fourth-order valence-electron chi connectivity index (χ4n) is 1.24. The van der Waals surface area contributed by atoms with E-state index in [2.05, 4.69) is 5.32 Å². The van der Waals surface area contributed by atoms with Gasteiger partial charge in [0.1, 0.15) is 11.8 Å². The Kier molecular flexibility index (Phi) is 4.75. The minimum absolute atomic E-state index is 0.243. The van der Waals surface area contributed by atoms with Crippen molar-refractivity contribution in [2.45, 2.75) is 12.6 Å². The van der Waals surface area contributed by atoms with E-state index in [4.69, 9.17) is 15.6 Å². The number of rotatable bonds is 6. The van der Waals surface area contributed by atoms with Gasteiger partial charge in [0.05, 0.1) is 7.11 Å². The lowest BCUT2D eigenvalue weighted by Crippen LogP contribution is -2.40. The van der Waals surface area contributed by atoms with Crippen molar-refractivity contribution in [3.05, 3.63) is 29.8 Å². The van der Waals surface area contributed by atoms with E-state index in [1.165, 1.54) is 0 Å². The summed E-state index contributed by atoms with van der Waals surface area (Å²) in [5.41, 5.74) is 6.37. The van der Waals surface area contributed by atoms with E-state index >= 15 is 0 Å². The maximum Gasteiger partial charge on any atom is 0.321 e. The highest BCUT2D eigenvalue weighted by atomic mass is 16.5. The third-order valence-corrected chi connectivity index (χ3v) is 2.14. The largest absolute Gasteiger partial charge is 0.497 e. The molecule has 0 radical (unpaired) electrons. The highest BCUT2D eigenvalue weighted by molar-refractivity contribution is 5.73. The molecule has 0 fully saturated rings. The predicted octanol–water partition coefficient (Wildman–Crippen LogP) is 0.197. The number of ether oxygens (including phenoxy) is 1. The van der Waals surface area contributed by atoms with Gasteiger partial charge in [0.2, 0.25) is 0 Å². The van der Waals surface area contributed by atoms with Crippen LogP contribution >= 0.6 is 0 Å². The molecule has 0 aliphatic heterocycles. The summed E-state index contributed by atoms with van der Waals surface area (Å²) < 4.78 is 5.07. The number of carboxylic acid groups (broad SMARTS) is 1. The summed E-state index contributed by atoms with van der Waals surface area (Å²) in [6.07, 6.45) is 0. The number of carbonyl (C=O) groups is 1. The van der Waals surface area contributed by atoms with E-state index in [0.29, 0.717) is 6.54 Å². The van der Waals surface area contributed by atoms with Gasteiger partial charge in [-0.1, -0.05) is 12.1 Å². The fourth-order valence-corrected chi connectivity index (χ4v) is 1.24. The lowest BCUT2D eigenvalue weighted by molar-refractivity contribution is -0.138. The number of benzene rings is 1. The van der Waals surface area contributed by atoms with Crippen LogP contribution in [0.2, 0.25) is 0 Å². The average molecular weight is 224 g/mol. The van der Waals surface area contributed by atoms with Gasteiger partial charge >= 0.3 is 5.97 Å². The van der Waals surface area contributed by atoms with Crippen molar-refractivity contribution in [1.82, 2.24) is 5.32 Å². The molecule has 1 aromatic rings. The minimum Gasteiger partial charge on any atom is -0.497 e. The molecule has 4 N–H and O–H groups in total. The van der Waals surface area contributed by atoms with Crippen LogP contribution in [-0.2, 0) is 11.3 Å². The monoisotopic (exact) mass is 224 g/mol. The number of nitrogens with two attached hydrogens (primary N) is 1. The molecule has 1 rings (SSSR count). The summed E-state index contributed by atoms with van der Waals surface area (Å²) in [5.74, 6) is -0.222. The first-order valence-electron chi connectivity index (χ1n) is 4.95. The van der Waals surface area contributed by atoms with Crippen molar-refractivity contribution < 1.29 is 14.6 Å². The first kappa shape index (κ1) is 12.5. The van der Waals surface area contributed by atoms with E-state index in [9.17, 15) is 4.79 Å². The minimum atomic E-state index is -1.00. The molecule has 0 amide bonds. The zero-order valence-corrected chi connectivity index (χ0v) is 9.14. The number of carboxylic acids is 1. The summed E-state index contributed by atoms with van der Waals surface area (Å²) >= 11 is 0. The molecule has 1 atom stereocenters. The molecule has 88 valence electrons. The maximum atomic E-state index is 10.5. The lowest BCUT2D eigenvalue weighted by Gasteiger charge is -2.09. The Balaban J connectivity index is 2.39. The molecule has 5 nitrogen and oxygen atoms in total. The molecule has 0 bridgehead atoms. The molecule has 0 heterocycles. The van der Waals surface area contributed by atoms with Crippen molar-refractivity contribution in [3.8, 4) is 5.75 Å². The SMILES string of the molecule is COc1cccc(CNCC(N)C(=O)O)c1. The van der Waals surface area contributed by atoms with Crippen LogP contribution in [0.15, 0.2) is 24.3 Å². The van der Waals surface area contributed by atoms with Gasteiger partial charge in [-0.05, 0) is 17.7 Å². The molecule has 0 saturated heterocycles. The Morgan fingerprint density at radius 1 is 1.62 bits per heavy atom. The molecule has 0 spiro atoms. The zero-order valence-electron chi connectivity index (χ0n) is 9.14. The third kappa shape index (κ3) is 3.88. The molecule has 1 aromatic carbocycles. The van der Waals surface area contributed by atoms with E-state index in [-0.39, 0.29) is 6.54 Å². The second-order valence-corrected chi connectivity index (χ2v) is 3.43. The van der Waals surface area contributed by atoms with Crippen LogP contribution in [0.3, 0.4) is 0 Å². The van der Waals surface area contributed by atoms with Crippen LogP contribution in [0.5, 0.6) is 5.75 Å². The normalized spacial score (nSPS) is 12.1. The van der Waals surface area contributed by atoms with Crippen molar-refractivity contribution in [1.29, 1.82) is 0 Å². The van der Waals surface area contributed by atoms with Crippen molar-refractivity contribution in [3.63, 3.8) is 0 Å². The number of methoxy groups -OCH3 is 1. The Morgan fingerprint density at radius 3 is 3.00 bits per heavy atom. The molecule has 0 aliphatic carbocycles. The number of nitrogens with one attached hydrogen (secondary N) is 1. The maximum absolute atomic E-state index is 10.5. The molecule has 5 heteroatoms. The van der Waals surface area contributed by atoms with Crippen LogP contribution in [0.4, 0.5) is 0 Å². The first-order chi connectivity index (χ1) is 7.63. The highest BCUT2D eigenvalue weighted by Crippen LogP contribution is 2.11. The third-order valence-electron chi connectivity index (χ3n) is 2.14. The topological polar surface area (TPSA) is 84.6 Å². The summed E-state index contributed by atoms with van der Waals surface area (Å²) in [7, 11) is 1.60. The summed E-state index contributed by atoms with van der Waals surface area (Å²) in [5, 5.41) is 11.5. The summed E-state index contributed by atoms with van der Waals surface area (Å²) in [4.78, 5) is 10.5. The molecule has 0 aliphatic rings. The second-order valence-electron chi connectivity index (χ2n) is 3.43. The van der Waals surface area contributed by atoms with Gasteiger partial charge in [-0.15, -0.1) is 0 Å². The molecule has 16 heavy (non-hydrogen) atoms. The zero-order chi connectivity index (χ0) is 12.0. The predicted molar refractivity (Wildman–Crippen MR) is 60.3 cm³/mol. The Morgan fingerprint density at radius 2 is 2.38 bits per heavy atom. The highest BCUT2D eigenvalue weighted by Gasteiger charge is 2.09. The quantitative estimate of drug-likeness (QED) is 0.642. The van der Waals surface area contributed by atoms with Crippen molar-refractivity contribution in [2.24, 2.45) is 5.73 Å². The standard InChI is InChI=1S/C11H16N2O3/c1-16-9-4-2-3-8(5-9)6-13-7-10(12)11(14)15/h2-5,10,13H,6-7,12H2,1H3,(H,14,15). The Hall–Kier alpha value is -1.59. The number of aliphatic carboxylic acids is 1. The molecular formula is C11H16N2O3. The van der Waals surface area contributed by atoms with Gasteiger partial charge in [-0.3, -0.25) is 4.79 Å². The number of hydrogen-bond donors (Lipinski definition) is 3. The van der Waals surface area contributed by atoms with E-state index in [1.807, 2.05) is 24.3 Å². The van der Waals surface area contributed by atoms with Gasteiger partial charge in [0.25, 0.3) is 0 Å². The molecular weight excluding hydrogens is 208 g/mol. The van der Waals surface area contributed by atoms with Crippen LogP contribution in [-0.4, -0.2) is 30.8 Å². The van der Waals surface area contributed by atoms with Gasteiger partial charge in [0, 0.05) is 13.1 Å². The molecule has 0 saturated carbocycles. The van der Waals surface area contributed by atoms with Crippen molar-refractivity contribution >= 4 is 5.97 Å². The molecule has 0 aromatic heterocycles. The Labute approximate surface area is 94.2 Å². The van der Waals surface area contributed by atoms with E-state index < -0.39 is 12.0 Å². The van der Waals surface area contributed by atoms with Crippen LogP contribution < -0.4 is 15.8 Å². The van der Waals surface area contributed by atoms with Crippen LogP contribution in [0, 0.1) is 0 Å². The fraction of sp³-hybridized carbons (Fsp3) is 0.364. The smallest absolute Gasteiger partial charge is 0.321 e.